The van der Waals surface area contributed by atoms with Crippen LogP contribution >= 0.6 is 0 Å². The van der Waals surface area contributed by atoms with Gasteiger partial charge in [0.05, 0.1) is 29.3 Å². The van der Waals surface area contributed by atoms with Gasteiger partial charge in [-0.2, -0.15) is 0 Å². The molecule has 0 unspecified atom stereocenters. The van der Waals surface area contributed by atoms with Crippen molar-refractivity contribution in [3.63, 3.8) is 0 Å². The van der Waals surface area contributed by atoms with Crippen molar-refractivity contribution in [3.05, 3.63) is 60.7 Å². The summed E-state index contributed by atoms with van der Waals surface area (Å²) in [6, 6.07) is 16.5. The van der Waals surface area contributed by atoms with E-state index in [0.29, 0.717) is 18.7 Å². The van der Waals surface area contributed by atoms with Crippen LogP contribution in [0.5, 0.6) is 0 Å². The maximum Gasteiger partial charge on any atom is 0.333 e. The van der Waals surface area contributed by atoms with Crippen LogP contribution in [0.2, 0.25) is 0 Å². The highest BCUT2D eigenvalue weighted by Crippen LogP contribution is 2.46. The van der Waals surface area contributed by atoms with Gasteiger partial charge in [0.2, 0.25) is 0 Å². The van der Waals surface area contributed by atoms with Crippen molar-refractivity contribution in [1.29, 1.82) is 0 Å². The zero-order valence-electron chi connectivity index (χ0n) is 13.5. The van der Waals surface area contributed by atoms with Crippen LogP contribution in [-0.2, 0) is 9.53 Å². The number of carbonyl (C=O) groups excluding carboxylic acids is 1. The van der Waals surface area contributed by atoms with Gasteiger partial charge in [-0.15, -0.1) is 0 Å². The molecule has 0 bridgehead atoms. The molecule has 0 fully saturated rings. The quantitative estimate of drug-likeness (QED) is 0.631. The first-order valence-electron chi connectivity index (χ1n) is 7.61. The summed E-state index contributed by atoms with van der Waals surface area (Å²) in [6.45, 7) is 6.18. The summed E-state index contributed by atoms with van der Waals surface area (Å²) in [4.78, 5) is 16.0. The number of rotatable bonds is 4. The van der Waals surface area contributed by atoms with E-state index in [4.69, 9.17) is 4.74 Å². The minimum Gasteiger partial charge on any atom is -0.460 e. The van der Waals surface area contributed by atoms with Gasteiger partial charge in [-0.1, -0.05) is 30.8 Å². The molecule has 0 N–H and O–H groups in total. The number of esters is 1. The van der Waals surface area contributed by atoms with E-state index in [0.717, 1.165) is 22.7 Å². The van der Waals surface area contributed by atoms with Crippen LogP contribution in [0.25, 0.3) is 0 Å². The molecule has 1 aliphatic heterocycles. The van der Waals surface area contributed by atoms with Gasteiger partial charge in [-0.25, -0.2) is 4.79 Å². The maximum atomic E-state index is 11.6. The Bertz CT molecular complexity index is 707. The molecule has 0 radical (unpaired) electrons. The van der Waals surface area contributed by atoms with Gasteiger partial charge >= 0.3 is 5.97 Å². The van der Waals surface area contributed by atoms with E-state index in [2.05, 4.69) is 47.7 Å². The summed E-state index contributed by atoms with van der Waals surface area (Å²) in [5.74, 6) is -0.347. The van der Waals surface area contributed by atoms with Gasteiger partial charge < -0.3 is 14.5 Å². The number of anilines is 4. The Balaban J connectivity index is 1.89. The molecule has 4 heteroatoms. The molecule has 0 amide bonds. The molecule has 0 aliphatic carbocycles. The van der Waals surface area contributed by atoms with Gasteiger partial charge in [0, 0.05) is 12.6 Å². The predicted molar refractivity (Wildman–Crippen MR) is 93.7 cm³/mol. The Morgan fingerprint density at radius 1 is 1.00 bits per heavy atom. The number of hydrogen-bond acceptors (Lipinski definition) is 4. The van der Waals surface area contributed by atoms with E-state index in [-0.39, 0.29) is 5.97 Å². The molecule has 1 heterocycles. The molecular formula is C19H20N2O2. The first kappa shape index (κ1) is 15.2. The topological polar surface area (TPSA) is 32.8 Å². The molecule has 3 rings (SSSR count). The normalized spacial score (nSPS) is 12.4. The molecule has 2 aromatic rings. The summed E-state index contributed by atoms with van der Waals surface area (Å²) in [5, 5.41) is 0. The summed E-state index contributed by atoms with van der Waals surface area (Å²) >= 11 is 0. The number of fused-ring (bicyclic) bond motifs is 2. The Morgan fingerprint density at radius 3 is 1.96 bits per heavy atom. The number of benzene rings is 2. The second-order valence-corrected chi connectivity index (χ2v) is 5.60. The van der Waals surface area contributed by atoms with Crippen LogP contribution in [0.1, 0.15) is 6.92 Å². The van der Waals surface area contributed by atoms with Crippen LogP contribution in [0.4, 0.5) is 22.7 Å². The number of para-hydroxylation sites is 4. The van der Waals surface area contributed by atoms with E-state index in [9.17, 15) is 4.79 Å². The second-order valence-electron chi connectivity index (χ2n) is 5.60. The zero-order valence-corrected chi connectivity index (χ0v) is 13.5. The molecule has 118 valence electrons. The number of hydrogen-bond donors (Lipinski definition) is 0. The van der Waals surface area contributed by atoms with Crippen molar-refractivity contribution in [3.8, 4) is 0 Å². The van der Waals surface area contributed by atoms with E-state index in [1.54, 1.807) is 6.92 Å². The SMILES string of the molecule is C=C(C)C(=O)OCCN1c2ccccc2N(C)c2ccccc21. The summed E-state index contributed by atoms with van der Waals surface area (Å²) < 4.78 is 5.27. The molecule has 23 heavy (non-hydrogen) atoms. The molecule has 0 saturated heterocycles. The van der Waals surface area contributed by atoms with Crippen molar-refractivity contribution in [2.75, 3.05) is 30.0 Å². The standard InChI is InChI=1S/C19H20N2O2/c1-14(2)19(22)23-13-12-21-17-10-6-4-8-15(17)20(3)16-9-5-7-11-18(16)21/h4-11H,1,12-13H2,2-3H3. The molecule has 4 nitrogen and oxygen atoms in total. The lowest BCUT2D eigenvalue weighted by molar-refractivity contribution is -0.138. The minimum atomic E-state index is -0.347. The Kier molecular flexibility index (Phi) is 4.06. The van der Waals surface area contributed by atoms with Crippen LogP contribution in [-0.4, -0.2) is 26.2 Å². The second kappa shape index (κ2) is 6.16. The van der Waals surface area contributed by atoms with Crippen LogP contribution in [0.15, 0.2) is 60.7 Å². The van der Waals surface area contributed by atoms with Crippen LogP contribution in [0, 0.1) is 0 Å². The van der Waals surface area contributed by atoms with Gasteiger partial charge in [0.25, 0.3) is 0 Å². The molecular weight excluding hydrogens is 288 g/mol. The average molecular weight is 308 g/mol. The lowest BCUT2D eigenvalue weighted by atomic mass is 10.1. The van der Waals surface area contributed by atoms with Gasteiger partial charge in [-0.3, -0.25) is 0 Å². The Morgan fingerprint density at radius 2 is 1.48 bits per heavy atom. The predicted octanol–water partition coefficient (Wildman–Crippen LogP) is 4.03. The fraction of sp³-hybridized carbons (Fsp3) is 0.211. The maximum absolute atomic E-state index is 11.6. The lowest BCUT2D eigenvalue weighted by Gasteiger charge is -2.38. The van der Waals surface area contributed by atoms with E-state index >= 15 is 0 Å². The summed E-state index contributed by atoms with van der Waals surface area (Å²) in [7, 11) is 2.07. The fourth-order valence-electron chi connectivity index (χ4n) is 2.81. The fourth-order valence-corrected chi connectivity index (χ4v) is 2.81. The third-order valence-corrected chi connectivity index (χ3v) is 3.96. The van der Waals surface area contributed by atoms with Crippen LogP contribution < -0.4 is 9.80 Å². The van der Waals surface area contributed by atoms with E-state index in [1.165, 1.54) is 0 Å². The highest BCUT2D eigenvalue weighted by atomic mass is 16.5. The summed E-state index contributed by atoms with van der Waals surface area (Å²) in [6.07, 6.45) is 0. The molecule has 0 atom stereocenters. The number of carbonyl (C=O) groups is 1. The number of nitrogens with zero attached hydrogens (tertiary/aromatic N) is 2. The van der Waals surface area contributed by atoms with Crippen molar-refractivity contribution in [1.82, 2.24) is 0 Å². The highest BCUT2D eigenvalue weighted by molar-refractivity contribution is 5.92. The van der Waals surface area contributed by atoms with Crippen molar-refractivity contribution < 1.29 is 9.53 Å². The van der Waals surface area contributed by atoms with Gasteiger partial charge in [0.15, 0.2) is 0 Å². The van der Waals surface area contributed by atoms with Gasteiger partial charge in [0.1, 0.15) is 6.61 Å². The Hall–Kier alpha value is -2.75. The van der Waals surface area contributed by atoms with Crippen molar-refractivity contribution >= 4 is 28.7 Å². The molecule has 0 saturated carbocycles. The smallest absolute Gasteiger partial charge is 0.333 e. The Labute approximate surface area is 136 Å². The lowest BCUT2D eigenvalue weighted by Crippen LogP contribution is -2.30. The van der Waals surface area contributed by atoms with E-state index in [1.807, 2.05) is 24.3 Å². The van der Waals surface area contributed by atoms with E-state index < -0.39 is 0 Å². The highest BCUT2D eigenvalue weighted by Gasteiger charge is 2.25. The monoisotopic (exact) mass is 308 g/mol. The first-order valence-corrected chi connectivity index (χ1v) is 7.61. The first-order chi connectivity index (χ1) is 11.1. The molecule has 0 aromatic heterocycles. The summed E-state index contributed by atoms with van der Waals surface area (Å²) in [5.41, 5.74) is 4.92. The third-order valence-electron chi connectivity index (χ3n) is 3.96. The van der Waals surface area contributed by atoms with Crippen molar-refractivity contribution in [2.45, 2.75) is 6.92 Å². The molecule has 1 aliphatic rings. The van der Waals surface area contributed by atoms with Crippen LogP contribution in [0.3, 0.4) is 0 Å². The van der Waals surface area contributed by atoms with Crippen molar-refractivity contribution in [2.24, 2.45) is 0 Å². The van der Waals surface area contributed by atoms with Gasteiger partial charge in [-0.05, 0) is 31.2 Å². The minimum absolute atomic E-state index is 0.318. The third kappa shape index (κ3) is 2.80. The largest absolute Gasteiger partial charge is 0.460 e. The average Bonchev–Trinajstić information content (AvgIpc) is 2.57. The molecule has 2 aromatic carbocycles. The zero-order chi connectivity index (χ0) is 16.4. The number of ether oxygens (including phenoxy) is 1. The molecule has 0 spiro atoms.